The minimum Gasteiger partial charge on any atom is -0.497 e. The van der Waals surface area contributed by atoms with E-state index in [1.165, 1.54) is 5.56 Å². The molecular formula is C25H23N3O2. The van der Waals surface area contributed by atoms with Crippen LogP contribution in [0, 0.1) is 6.92 Å². The highest BCUT2D eigenvalue weighted by atomic mass is 16.5. The van der Waals surface area contributed by atoms with Gasteiger partial charge in [-0.3, -0.25) is 4.98 Å². The zero-order valence-electron chi connectivity index (χ0n) is 17.0. The maximum atomic E-state index is 12.4. The number of nitrogens with zero attached hydrogens (tertiary/aromatic N) is 1. The smallest absolute Gasteiger partial charge is 0.319 e. The van der Waals surface area contributed by atoms with Crippen molar-refractivity contribution in [3.05, 3.63) is 90.3 Å². The normalized spacial score (nSPS) is 10.6. The second kappa shape index (κ2) is 8.66. The number of methoxy groups -OCH3 is 1. The predicted octanol–water partition coefficient (Wildman–Crippen LogP) is 5.54. The van der Waals surface area contributed by atoms with Crippen molar-refractivity contribution in [2.75, 3.05) is 12.4 Å². The minimum atomic E-state index is -0.275. The molecule has 1 heterocycles. The first-order valence-corrected chi connectivity index (χ1v) is 9.75. The molecular weight excluding hydrogens is 374 g/mol. The third kappa shape index (κ3) is 4.25. The lowest BCUT2D eigenvalue weighted by atomic mass is 9.96. The lowest BCUT2D eigenvalue weighted by Gasteiger charge is -2.13. The Morgan fingerprint density at radius 2 is 1.83 bits per heavy atom. The molecule has 0 aliphatic carbocycles. The Hall–Kier alpha value is -3.86. The third-order valence-corrected chi connectivity index (χ3v) is 5.04. The fraction of sp³-hybridized carbons (Fsp3) is 0.120. The number of pyridine rings is 1. The Labute approximate surface area is 175 Å². The average molecular weight is 397 g/mol. The van der Waals surface area contributed by atoms with Crippen molar-refractivity contribution in [2.24, 2.45) is 0 Å². The van der Waals surface area contributed by atoms with Gasteiger partial charge in [-0.2, -0.15) is 0 Å². The number of ether oxygens (including phenoxy) is 1. The molecule has 4 aromatic rings. The van der Waals surface area contributed by atoms with Crippen molar-refractivity contribution in [1.29, 1.82) is 0 Å². The lowest BCUT2D eigenvalue weighted by molar-refractivity contribution is 0.252. The van der Waals surface area contributed by atoms with E-state index in [0.29, 0.717) is 18.0 Å². The van der Waals surface area contributed by atoms with E-state index in [9.17, 15) is 4.79 Å². The maximum absolute atomic E-state index is 12.4. The first-order chi connectivity index (χ1) is 14.6. The first-order valence-electron chi connectivity index (χ1n) is 9.75. The summed E-state index contributed by atoms with van der Waals surface area (Å²) in [4.78, 5) is 16.7. The number of anilines is 1. The Morgan fingerprint density at radius 1 is 1.00 bits per heavy atom. The molecule has 1 aromatic heterocycles. The number of fused-ring (bicyclic) bond motifs is 1. The van der Waals surface area contributed by atoms with E-state index in [0.717, 1.165) is 27.5 Å². The van der Waals surface area contributed by atoms with Crippen molar-refractivity contribution >= 4 is 22.5 Å². The van der Waals surface area contributed by atoms with Crippen LogP contribution in [0.5, 0.6) is 5.75 Å². The van der Waals surface area contributed by atoms with Crippen LogP contribution in [-0.2, 0) is 6.54 Å². The van der Waals surface area contributed by atoms with Gasteiger partial charge in [-0.15, -0.1) is 0 Å². The number of aromatic nitrogens is 1. The number of carbonyl (C=O) groups excluding carboxylic acids is 1. The number of aryl methyl sites for hydroxylation is 1. The van der Waals surface area contributed by atoms with Crippen molar-refractivity contribution in [3.63, 3.8) is 0 Å². The van der Waals surface area contributed by atoms with Gasteiger partial charge in [0.2, 0.25) is 0 Å². The summed E-state index contributed by atoms with van der Waals surface area (Å²) < 4.78 is 5.19. The van der Waals surface area contributed by atoms with Gasteiger partial charge >= 0.3 is 6.03 Å². The van der Waals surface area contributed by atoms with Gasteiger partial charge in [-0.25, -0.2) is 4.79 Å². The minimum absolute atomic E-state index is 0.275. The number of urea groups is 1. The summed E-state index contributed by atoms with van der Waals surface area (Å²) in [7, 11) is 1.60. The van der Waals surface area contributed by atoms with Gasteiger partial charge in [0.15, 0.2) is 0 Å². The fourth-order valence-electron chi connectivity index (χ4n) is 3.44. The molecule has 0 aliphatic rings. The van der Waals surface area contributed by atoms with Gasteiger partial charge in [0, 0.05) is 36.1 Å². The highest BCUT2D eigenvalue weighted by Crippen LogP contribution is 2.30. The highest BCUT2D eigenvalue weighted by molar-refractivity contribution is 5.98. The van der Waals surface area contributed by atoms with E-state index in [1.54, 1.807) is 19.4 Å². The van der Waals surface area contributed by atoms with Crippen molar-refractivity contribution in [2.45, 2.75) is 13.5 Å². The quantitative estimate of drug-likeness (QED) is 0.465. The molecule has 0 atom stereocenters. The molecule has 5 nitrogen and oxygen atoms in total. The van der Waals surface area contributed by atoms with Gasteiger partial charge in [0.1, 0.15) is 5.75 Å². The summed E-state index contributed by atoms with van der Waals surface area (Å²) in [5.41, 5.74) is 5.22. The van der Waals surface area contributed by atoms with Gasteiger partial charge in [-0.1, -0.05) is 48.0 Å². The van der Waals surface area contributed by atoms with Crippen molar-refractivity contribution in [3.8, 4) is 16.9 Å². The van der Waals surface area contributed by atoms with E-state index in [1.807, 2.05) is 36.5 Å². The number of nitrogens with one attached hydrogen (secondary N) is 2. The number of carbonyl (C=O) groups is 1. The highest BCUT2D eigenvalue weighted by Gasteiger charge is 2.10. The molecule has 2 N–H and O–H groups in total. The SMILES string of the molecule is COc1cccc(NC(=O)NCc2ccc(-c3ccc(C)cc3)c3ccncc23)c1. The van der Waals surface area contributed by atoms with Crippen LogP contribution in [0.25, 0.3) is 21.9 Å². The van der Waals surface area contributed by atoms with Crippen LogP contribution in [0.1, 0.15) is 11.1 Å². The van der Waals surface area contributed by atoms with Gasteiger partial charge in [0.05, 0.1) is 7.11 Å². The molecule has 0 spiro atoms. The van der Waals surface area contributed by atoms with Crippen LogP contribution in [0.2, 0.25) is 0 Å². The summed E-state index contributed by atoms with van der Waals surface area (Å²) >= 11 is 0. The fourth-order valence-corrected chi connectivity index (χ4v) is 3.44. The number of rotatable bonds is 5. The molecule has 0 radical (unpaired) electrons. The van der Waals surface area contributed by atoms with Crippen LogP contribution in [0.4, 0.5) is 10.5 Å². The zero-order valence-corrected chi connectivity index (χ0v) is 17.0. The van der Waals surface area contributed by atoms with Crippen LogP contribution < -0.4 is 15.4 Å². The summed E-state index contributed by atoms with van der Waals surface area (Å²) in [6, 6.07) is 21.6. The largest absolute Gasteiger partial charge is 0.497 e. The topological polar surface area (TPSA) is 63.2 Å². The molecule has 150 valence electrons. The number of benzene rings is 3. The lowest BCUT2D eigenvalue weighted by Crippen LogP contribution is -2.28. The molecule has 0 saturated heterocycles. The molecule has 0 saturated carbocycles. The predicted molar refractivity (Wildman–Crippen MR) is 121 cm³/mol. The Balaban J connectivity index is 1.54. The van der Waals surface area contributed by atoms with Crippen LogP contribution in [0.3, 0.4) is 0 Å². The van der Waals surface area contributed by atoms with E-state index in [-0.39, 0.29) is 6.03 Å². The summed E-state index contributed by atoms with van der Waals surface area (Å²) in [6.07, 6.45) is 3.65. The maximum Gasteiger partial charge on any atom is 0.319 e. The second-order valence-corrected chi connectivity index (χ2v) is 7.10. The average Bonchev–Trinajstić information content (AvgIpc) is 2.78. The van der Waals surface area contributed by atoms with Gasteiger partial charge < -0.3 is 15.4 Å². The van der Waals surface area contributed by atoms with Crippen LogP contribution >= 0.6 is 0 Å². The summed E-state index contributed by atoms with van der Waals surface area (Å²) in [5, 5.41) is 7.89. The van der Waals surface area contributed by atoms with E-state index >= 15 is 0 Å². The van der Waals surface area contributed by atoms with Crippen LogP contribution in [-0.4, -0.2) is 18.1 Å². The van der Waals surface area contributed by atoms with Gasteiger partial charge in [0.25, 0.3) is 0 Å². The summed E-state index contributed by atoms with van der Waals surface area (Å²) in [6.45, 7) is 2.48. The molecule has 4 rings (SSSR count). The second-order valence-electron chi connectivity index (χ2n) is 7.10. The summed E-state index contributed by atoms with van der Waals surface area (Å²) in [5.74, 6) is 0.691. The molecule has 0 unspecified atom stereocenters. The van der Waals surface area contributed by atoms with E-state index in [4.69, 9.17) is 4.74 Å². The molecule has 0 aliphatic heterocycles. The molecule has 5 heteroatoms. The number of amides is 2. The van der Waals surface area contributed by atoms with Gasteiger partial charge in [-0.05, 0) is 47.2 Å². The Kier molecular flexibility index (Phi) is 5.61. The number of hydrogen-bond donors (Lipinski definition) is 2. The molecule has 0 fully saturated rings. The molecule has 2 amide bonds. The monoisotopic (exact) mass is 397 g/mol. The Bertz CT molecular complexity index is 1190. The zero-order chi connectivity index (χ0) is 20.9. The van der Waals surface area contributed by atoms with E-state index < -0.39 is 0 Å². The standard InChI is InChI=1S/C25H23N3O2/c1-17-6-8-18(9-7-17)22-11-10-19(24-16-26-13-12-23(22)24)15-27-25(29)28-20-4-3-5-21(14-20)30-2/h3-14,16H,15H2,1-2H3,(H2,27,28,29). The third-order valence-electron chi connectivity index (χ3n) is 5.04. The molecule has 30 heavy (non-hydrogen) atoms. The van der Waals surface area contributed by atoms with Crippen molar-refractivity contribution < 1.29 is 9.53 Å². The molecule has 3 aromatic carbocycles. The Morgan fingerprint density at radius 3 is 2.63 bits per heavy atom. The number of hydrogen-bond acceptors (Lipinski definition) is 3. The first kappa shape index (κ1) is 19.5. The van der Waals surface area contributed by atoms with Crippen LogP contribution in [0.15, 0.2) is 79.1 Å². The van der Waals surface area contributed by atoms with Crippen molar-refractivity contribution in [1.82, 2.24) is 10.3 Å². The van der Waals surface area contributed by atoms with E-state index in [2.05, 4.69) is 52.9 Å². The molecule has 0 bridgehead atoms.